The Morgan fingerprint density at radius 3 is 2.50 bits per heavy atom. The van der Waals surface area contributed by atoms with Gasteiger partial charge in [-0.1, -0.05) is 12.1 Å². The topological polar surface area (TPSA) is 109 Å². The van der Waals surface area contributed by atoms with Gasteiger partial charge in [-0.2, -0.15) is 18.3 Å². The Morgan fingerprint density at radius 1 is 0.977 bits per heavy atom. The highest BCUT2D eigenvalue weighted by atomic mass is 32.1. The first-order chi connectivity index (χ1) is 21.1. The van der Waals surface area contributed by atoms with Crippen LogP contribution in [-0.4, -0.2) is 83.7 Å². The van der Waals surface area contributed by atoms with E-state index >= 15 is 0 Å². The second-order valence-corrected chi connectivity index (χ2v) is 10.9. The van der Waals surface area contributed by atoms with Gasteiger partial charge in [-0.15, -0.1) is 11.3 Å². The predicted octanol–water partition coefficient (Wildman–Crippen LogP) is 4.86. The number of nitrogens with zero attached hydrogens (tertiary/aromatic N) is 4. The van der Waals surface area contributed by atoms with Crippen LogP contribution in [0.3, 0.4) is 0 Å². The Balaban J connectivity index is 1.21. The molecule has 2 aromatic heterocycles. The monoisotopic (exact) mass is 626 g/mol. The molecule has 3 amide bonds. The SMILES string of the molecule is CN(CCN1CCOCC1)C(=O)c1cccc(C(=O)Nc2ccsc2C(=O)Nc2ccn(-c3cccc(C(F)(F)F)c3)n2)c1. The fourth-order valence-corrected chi connectivity index (χ4v) is 5.29. The van der Waals surface area contributed by atoms with E-state index in [4.69, 9.17) is 4.74 Å². The van der Waals surface area contributed by atoms with Crippen LogP contribution in [-0.2, 0) is 10.9 Å². The maximum atomic E-state index is 13.1. The highest BCUT2D eigenvalue weighted by Crippen LogP contribution is 2.30. The van der Waals surface area contributed by atoms with Crippen LogP contribution in [0.4, 0.5) is 24.7 Å². The number of likely N-dealkylation sites (N-methyl/N-ethyl adjacent to an activating group) is 1. The maximum absolute atomic E-state index is 13.1. The van der Waals surface area contributed by atoms with Crippen molar-refractivity contribution in [3.8, 4) is 5.69 Å². The second kappa shape index (κ2) is 13.4. The van der Waals surface area contributed by atoms with Gasteiger partial charge in [-0.05, 0) is 47.8 Å². The van der Waals surface area contributed by atoms with Gasteiger partial charge in [0.05, 0.1) is 30.2 Å². The number of rotatable bonds is 9. The van der Waals surface area contributed by atoms with Crippen LogP contribution in [0.2, 0.25) is 0 Å². The molecule has 1 fully saturated rings. The fourth-order valence-electron chi connectivity index (χ4n) is 4.54. The van der Waals surface area contributed by atoms with E-state index in [1.165, 1.54) is 35.1 Å². The molecule has 4 aromatic rings. The number of amides is 3. The number of ether oxygens (including phenoxy) is 1. The number of aromatic nitrogens is 2. The van der Waals surface area contributed by atoms with Crippen molar-refractivity contribution in [3.63, 3.8) is 0 Å². The highest BCUT2D eigenvalue weighted by molar-refractivity contribution is 7.12. The summed E-state index contributed by atoms with van der Waals surface area (Å²) in [6, 6.07) is 14.0. The van der Waals surface area contributed by atoms with Crippen LogP contribution < -0.4 is 10.6 Å². The lowest BCUT2D eigenvalue weighted by atomic mass is 10.1. The largest absolute Gasteiger partial charge is 0.416 e. The van der Waals surface area contributed by atoms with E-state index in [-0.39, 0.29) is 33.5 Å². The average Bonchev–Trinajstić information content (AvgIpc) is 3.69. The van der Waals surface area contributed by atoms with Gasteiger partial charge in [-0.25, -0.2) is 4.68 Å². The molecule has 0 bridgehead atoms. The first-order valence-electron chi connectivity index (χ1n) is 13.7. The number of anilines is 2. The number of carbonyl (C=O) groups is 3. The third kappa shape index (κ3) is 7.51. The molecule has 230 valence electrons. The molecular weight excluding hydrogens is 597 g/mol. The summed E-state index contributed by atoms with van der Waals surface area (Å²) >= 11 is 1.09. The van der Waals surface area contributed by atoms with Crippen LogP contribution in [0.1, 0.15) is 36.0 Å². The molecule has 0 radical (unpaired) electrons. The standard InChI is InChI=1S/C30H29F3N6O4S/c1-37(11-12-38-13-15-43-16-14-38)29(42)21-5-2-4-20(18-21)27(40)34-24-9-17-44-26(24)28(41)35-25-8-10-39(36-25)23-7-3-6-22(19-23)30(31,32)33/h2-10,17-19H,11-16H2,1H3,(H,34,40)(H,35,36,41). The van der Waals surface area contributed by atoms with Crippen molar-refractivity contribution in [3.05, 3.63) is 93.8 Å². The summed E-state index contributed by atoms with van der Waals surface area (Å²) in [6.07, 6.45) is -3.08. The van der Waals surface area contributed by atoms with Crippen LogP contribution in [0.5, 0.6) is 0 Å². The highest BCUT2D eigenvalue weighted by Gasteiger charge is 2.30. The average molecular weight is 627 g/mol. The molecule has 14 heteroatoms. The van der Waals surface area contributed by atoms with E-state index in [1.54, 1.807) is 41.6 Å². The Bertz CT molecular complexity index is 1650. The van der Waals surface area contributed by atoms with Gasteiger partial charge in [0.15, 0.2) is 5.82 Å². The lowest BCUT2D eigenvalue weighted by Gasteiger charge is -2.28. The normalized spacial score (nSPS) is 13.8. The third-order valence-corrected chi connectivity index (χ3v) is 7.88. The van der Waals surface area contributed by atoms with Gasteiger partial charge in [0.25, 0.3) is 17.7 Å². The molecule has 3 heterocycles. The van der Waals surface area contributed by atoms with Crippen molar-refractivity contribution >= 4 is 40.6 Å². The van der Waals surface area contributed by atoms with Crippen LogP contribution >= 0.6 is 11.3 Å². The number of thiophene rings is 1. The van der Waals surface area contributed by atoms with Gasteiger partial charge < -0.3 is 20.3 Å². The van der Waals surface area contributed by atoms with Crippen molar-refractivity contribution in [2.45, 2.75) is 6.18 Å². The van der Waals surface area contributed by atoms with E-state index < -0.39 is 23.6 Å². The summed E-state index contributed by atoms with van der Waals surface area (Å²) in [5.41, 5.74) is 0.222. The minimum Gasteiger partial charge on any atom is -0.379 e. The van der Waals surface area contributed by atoms with Gasteiger partial charge in [0, 0.05) is 56.6 Å². The Labute approximate surface area is 255 Å². The molecule has 2 aromatic carbocycles. The zero-order valence-corrected chi connectivity index (χ0v) is 24.5. The number of halogens is 3. The lowest BCUT2D eigenvalue weighted by molar-refractivity contribution is -0.137. The van der Waals surface area contributed by atoms with Gasteiger partial charge in [0.1, 0.15) is 4.88 Å². The second-order valence-electron chi connectivity index (χ2n) is 10.0. The number of carbonyl (C=O) groups excluding carboxylic acids is 3. The molecule has 44 heavy (non-hydrogen) atoms. The molecule has 10 nitrogen and oxygen atoms in total. The molecule has 0 aliphatic carbocycles. The number of morpholine rings is 1. The van der Waals surface area contributed by atoms with Crippen molar-refractivity contribution in [1.82, 2.24) is 19.6 Å². The van der Waals surface area contributed by atoms with Gasteiger partial charge in [-0.3, -0.25) is 19.3 Å². The minimum atomic E-state index is -4.50. The Hall–Kier alpha value is -4.53. The van der Waals surface area contributed by atoms with E-state index in [1.807, 2.05) is 0 Å². The van der Waals surface area contributed by atoms with Crippen LogP contribution in [0.15, 0.2) is 72.2 Å². The Kier molecular flexibility index (Phi) is 9.42. The fraction of sp³-hybridized carbons (Fsp3) is 0.267. The smallest absolute Gasteiger partial charge is 0.379 e. The predicted molar refractivity (Wildman–Crippen MR) is 159 cm³/mol. The van der Waals surface area contributed by atoms with E-state index in [2.05, 4.69) is 20.6 Å². The first kappa shape index (κ1) is 30.9. The maximum Gasteiger partial charge on any atom is 0.416 e. The summed E-state index contributed by atoms with van der Waals surface area (Å²) in [7, 11) is 1.72. The number of alkyl halides is 3. The molecular formula is C30H29F3N6O4S. The van der Waals surface area contributed by atoms with E-state index in [0.29, 0.717) is 25.3 Å². The zero-order valence-electron chi connectivity index (χ0n) is 23.6. The molecule has 0 unspecified atom stereocenters. The molecule has 0 saturated carbocycles. The minimum absolute atomic E-state index is 0.113. The molecule has 5 rings (SSSR count). The lowest BCUT2D eigenvalue weighted by Crippen LogP contribution is -2.41. The molecule has 1 aliphatic rings. The number of nitrogens with one attached hydrogen (secondary N) is 2. The van der Waals surface area contributed by atoms with Crippen molar-refractivity contribution in [2.75, 3.05) is 57.1 Å². The quantitative estimate of drug-likeness (QED) is 0.275. The molecule has 2 N–H and O–H groups in total. The van der Waals surface area contributed by atoms with Crippen molar-refractivity contribution in [1.29, 1.82) is 0 Å². The number of hydrogen-bond donors (Lipinski definition) is 2. The molecule has 1 aliphatic heterocycles. The summed E-state index contributed by atoms with van der Waals surface area (Å²) in [5, 5.41) is 11.1. The van der Waals surface area contributed by atoms with Gasteiger partial charge >= 0.3 is 6.18 Å². The van der Waals surface area contributed by atoms with Crippen molar-refractivity contribution < 1.29 is 32.3 Å². The number of benzene rings is 2. The van der Waals surface area contributed by atoms with E-state index in [9.17, 15) is 27.6 Å². The molecule has 0 spiro atoms. The van der Waals surface area contributed by atoms with E-state index in [0.717, 1.165) is 43.1 Å². The third-order valence-electron chi connectivity index (χ3n) is 6.96. The molecule has 0 atom stereocenters. The van der Waals surface area contributed by atoms with Crippen molar-refractivity contribution in [2.24, 2.45) is 0 Å². The van der Waals surface area contributed by atoms with Gasteiger partial charge in [0.2, 0.25) is 0 Å². The van der Waals surface area contributed by atoms with Crippen LogP contribution in [0.25, 0.3) is 5.69 Å². The summed E-state index contributed by atoms with van der Waals surface area (Å²) in [5.74, 6) is -1.16. The summed E-state index contributed by atoms with van der Waals surface area (Å²) in [6.45, 7) is 4.25. The number of hydrogen-bond acceptors (Lipinski definition) is 7. The molecule has 1 saturated heterocycles. The Morgan fingerprint density at radius 2 is 1.73 bits per heavy atom. The van der Waals surface area contributed by atoms with Crippen LogP contribution in [0, 0.1) is 0 Å². The first-order valence-corrected chi connectivity index (χ1v) is 14.6. The summed E-state index contributed by atoms with van der Waals surface area (Å²) < 4.78 is 45.9. The zero-order chi connectivity index (χ0) is 31.3. The summed E-state index contributed by atoms with van der Waals surface area (Å²) in [4.78, 5) is 43.2.